The molecule has 0 atom stereocenters. The lowest BCUT2D eigenvalue weighted by Crippen LogP contribution is -1.90. The fraction of sp³-hybridized carbons (Fsp3) is 0.333. The van der Waals surface area contributed by atoms with Gasteiger partial charge in [0, 0.05) is 0 Å². The van der Waals surface area contributed by atoms with Gasteiger partial charge in [0.2, 0.25) is 0 Å². The van der Waals surface area contributed by atoms with E-state index in [-0.39, 0.29) is 5.75 Å². The molecule has 1 heterocycles. The maximum atomic E-state index is 9.19. The molecule has 0 aliphatic rings. The number of aromatic amines is 1. The van der Waals surface area contributed by atoms with Gasteiger partial charge in [0.1, 0.15) is 0 Å². The van der Waals surface area contributed by atoms with Crippen molar-refractivity contribution < 1.29 is 5.11 Å². The molecule has 0 amide bonds. The first kappa shape index (κ1) is 7.21. The van der Waals surface area contributed by atoms with Gasteiger partial charge in [0.15, 0.2) is 10.5 Å². The summed E-state index contributed by atoms with van der Waals surface area (Å²) in [5, 5.41) is 9.19. The van der Waals surface area contributed by atoms with Crippen molar-refractivity contribution in [1.82, 2.24) is 9.97 Å². The van der Waals surface area contributed by atoms with Gasteiger partial charge >= 0.3 is 0 Å². The van der Waals surface area contributed by atoms with Crippen molar-refractivity contribution in [3.05, 3.63) is 16.2 Å². The molecule has 0 saturated carbocycles. The molecule has 3 nitrogen and oxygen atoms in total. The molecular weight excluding hydrogens is 148 g/mol. The number of aromatic nitrogens is 2. The minimum atomic E-state index is 0.189. The molecule has 0 bridgehead atoms. The number of H-pyrrole nitrogens is 1. The van der Waals surface area contributed by atoms with Crippen molar-refractivity contribution >= 4 is 12.2 Å². The monoisotopic (exact) mass is 156 g/mol. The van der Waals surface area contributed by atoms with E-state index in [0.29, 0.717) is 16.2 Å². The van der Waals surface area contributed by atoms with Crippen molar-refractivity contribution in [2.75, 3.05) is 0 Å². The van der Waals surface area contributed by atoms with Gasteiger partial charge in [-0.1, -0.05) is 0 Å². The Hall–Kier alpha value is -0.900. The molecule has 10 heavy (non-hydrogen) atoms. The fourth-order valence-corrected chi connectivity index (χ4v) is 1.01. The van der Waals surface area contributed by atoms with Gasteiger partial charge in [-0.05, 0) is 26.1 Å². The summed E-state index contributed by atoms with van der Waals surface area (Å²) in [6.45, 7) is 3.46. The summed E-state index contributed by atoms with van der Waals surface area (Å²) in [4.78, 5) is 6.58. The van der Waals surface area contributed by atoms with Gasteiger partial charge in [0.05, 0.1) is 11.4 Å². The first-order valence-electron chi connectivity index (χ1n) is 2.87. The lowest BCUT2D eigenvalue weighted by atomic mass is 10.3. The van der Waals surface area contributed by atoms with Crippen LogP contribution in [0.5, 0.6) is 5.75 Å². The molecule has 0 aromatic carbocycles. The van der Waals surface area contributed by atoms with Crippen molar-refractivity contribution in [2.24, 2.45) is 0 Å². The first-order valence-corrected chi connectivity index (χ1v) is 3.28. The summed E-state index contributed by atoms with van der Waals surface area (Å²) in [6.07, 6.45) is 0. The van der Waals surface area contributed by atoms with Gasteiger partial charge in [-0.3, -0.25) is 0 Å². The van der Waals surface area contributed by atoms with Crippen LogP contribution in [0.2, 0.25) is 0 Å². The highest BCUT2D eigenvalue weighted by Crippen LogP contribution is 2.15. The molecule has 4 heteroatoms. The van der Waals surface area contributed by atoms with Crippen molar-refractivity contribution in [1.29, 1.82) is 0 Å². The molecule has 0 aliphatic carbocycles. The summed E-state index contributed by atoms with van der Waals surface area (Å²) in [6, 6.07) is 0. The Bertz CT molecular complexity index is 279. The standard InChI is InChI=1S/C6H8N2OS/c1-3-5(9)4(2)8-6(10)7-3/h9H,1-2H3,(H,7,8,10). The molecule has 2 N–H and O–H groups in total. The average Bonchev–Trinajstić information content (AvgIpc) is 1.82. The number of nitrogens with zero attached hydrogens (tertiary/aromatic N) is 1. The molecular formula is C6H8N2OS. The van der Waals surface area contributed by atoms with Crippen molar-refractivity contribution in [3.8, 4) is 5.75 Å². The minimum Gasteiger partial charge on any atom is -0.504 e. The van der Waals surface area contributed by atoms with E-state index < -0.39 is 0 Å². The first-order chi connectivity index (χ1) is 4.61. The summed E-state index contributed by atoms with van der Waals surface area (Å²) in [5.74, 6) is 0.189. The molecule has 1 rings (SSSR count). The zero-order valence-electron chi connectivity index (χ0n) is 5.80. The Morgan fingerprint density at radius 2 is 2.10 bits per heavy atom. The van der Waals surface area contributed by atoms with E-state index in [9.17, 15) is 5.11 Å². The van der Waals surface area contributed by atoms with Gasteiger partial charge in [-0.2, -0.15) is 0 Å². The third-order valence-electron chi connectivity index (χ3n) is 1.26. The minimum absolute atomic E-state index is 0.189. The van der Waals surface area contributed by atoms with Crippen LogP contribution in [0, 0.1) is 18.6 Å². The summed E-state index contributed by atoms with van der Waals surface area (Å²) in [7, 11) is 0. The van der Waals surface area contributed by atoms with E-state index in [1.807, 2.05) is 0 Å². The average molecular weight is 156 g/mol. The van der Waals surface area contributed by atoms with Crippen LogP contribution in [0.4, 0.5) is 0 Å². The molecule has 1 aromatic heterocycles. The summed E-state index contributed by atoms with van der Waals surface area (Å²) >= 11 is 4.77. The second-order valence-electron chi connectivity index (χ2n) is 2.10. The van der Waals surface area contributed by atoms with E-state index >= 15 is 0 Å². The Morgan fingerprint density at radius 1 is 1.50 bits per heavy atom. The molecule has 0 saturated heterocycles. The van der Waals surface area contributed by atoms with E-state index in [4.69, 9.17) is 12.2 Å². The van der Waals surface area contributed by atoms with Crippen molar-refractivity contribution in [2.45, 2.75) is 13.8 Å². The van der Waals surface area contributed by atoms with Crippen LogP contribution in [0.25, 0.3) is 0 Å². The highest BCUT2D eigenvalue weighted by molar-refractivity contribution is 7.71. The summed E-state index contributed by atoms with van der Waals surface area (Å²) < 4.78 is 0.410. The van der Waals surface area contributed by atoms with E-state index in [0.717, 1.165) is 0 Å². The van der Waals surface area contributed by atoms with Gasteiger partial charge in [0.25, 0.3) is 0 Å². The van der Waals surface area contributed by atoms with Crippen LogP contribution in [0.1, 0.15) is 11.4 Å². The van der Waals surface area contributed by atoms with Crippen molar-refractivity contribution in [3.63, 3.8) is 0 Å². The highest BCUT2D eigenvalue weighted by atomic mass is 32.1. The molecule has 54 valence electrons. The second kappa shape index (κ2) is 2.38. The van der Waals surface area contributed by atoms with Gasteiger partial charge < -0.3 is 10.1 Å². The van der Waals surface area contributed by atoms with Crippen LogP contribution in [0.3, 0.4) is 0 Å². The van der Waals surface area contributed by atoms with E-state index in [2.05, 4.69) is 9.97 Å². The maximum absolute atomic E-state index is 9.19. The number of rotatable bonds is 0. The van der Waals surface area contributed by atoms with E-state index in [1.165, 1.54) is 0 Å². The number of hydrogen-bond acceptors (Lipinski definition) is 3. The van der Waals surface area contributed by atoms with Crippen LogP contribution in [-0.4, -0.2) is 15.1 Å². The molecule has 0 radical (unpaired) electrons. The van der Waals surface area contributed by atoms with Gasteiger partial charge in [-0.15, -0.1) is 0 Å². The van der Waals surface area contributed by atoms with Crippen LogP contribution in [-0.2, 0) is 0 Å². The molecule has 0 unspecified atom stereocenters. The smallest absolute Gasteiger partial charge is 0.197 e. The normalized spacial score (nSPS) is 9.80. The molecule has 0 aliphatic heterocycles. The molecule has 0 spiro atoms. The largest absolute Gasteiger partial charge is 0.504 e. The van der Waals surface area contributed by atoms with E-state index in [1.54, 1.807) is 13.8 Å². The van der Waals surface area contributed by atoms with Gasteiger partial charge in [-0.25, -0.2) is 4.98 Å². The zero-order chi connectivity index (χ0) is 7.72. The maximum Gasteiger partial charge on any atom is 0.197 e. The third kappa shape index (κ3) is 1.16. The topological polar surface area (TPSA) is 48.9 Å². The fourth-order valence-electron chi connectivity index (χ4n) is 0.724. The Kier molecular flexibility index (Phi) is 1.72. The van der Waals surface area contributed by atoms with Crippen LogP contribution < -0.4 is 0 Å². The lowest BCUT2D eigenvalue weighted by Gasteiger charge is -1.99. The predicted octanol–water partition coefficient (Wildman–Crippen LogP) is 1.46. The van der Waals surface area contributed by atoms with Crippen LogP contribution >= 0.6 is 12.2 Å². The summed E-state index contributed by atoms with van der Waals surface area (Å²) in [5.41, 5.74) is 1.23. The Balaban J connectivity index is 3.46. The van der Waals surface area contributed by atoms with Crippen LogP contribution in [0.15, 0.2) is 0 Å². The lowest BCUT2D eigenvalue weighted by molar-refractivity contribution is 0.458. The predicted molar refractivity (Wildman–Crippen MR) is 40.6 cm³/mol. The molecule has 1 aromatic rings. The Morgan fingerprint density at radius 3 is 2.60 bits per heavy atom. The number of hydrogen-bond donors (Lipinski definition) is 2. The highest BCUT2D eigenvalue weighted by Gasteiger charge is 1.99. The quantitative estimate of drug-likeness (QED) is 0.559. The number of aryl methyl sites for hydroxylation is 2. The molecule has 0 fully saturated rings. The number of nitrogens with one attached hydrogen (secondary N) is 1. The number of aromatic hydroxyl groups is 1. The zero-order valence-corrected chi connectivity index (χ0v) is 6.62. The second-order valence-corrected chi connectivity index (χ2v) is 2.49. The SMILES string of the molecule is Cc1nc(=S)[nH]c(C)c1O. The Labute approximate surface area is 63.8 Å². The third-order valence-corrected chi connectivity index (χ3v) is 1.45.